The van der Waals surface area contributed by atoms with Gasteiger partial charge >= 0.3 is 0 Å². The van der Waals surface area contributed by atoms with Crippen LogP contribution < -0.4 is 5.32 Å². The molecule has 1 aromatic carbocycles. The molecule has 1 aromatic rings. The van der Waals surface area contributed by atoms with Gasteiger partial charge in [-0.2, -0.15) is 0 Å². The van der Waals surface area contributed by atoms with Crippen LogP contribution >= 0.6 is 0 Å². The summed E-state index contributed by atoms with van der Waals surface area (Å²) in [6.45, 7) is 5.73. The van der Waals surface area contributed by atoms with Crippen molar-refractivity contribution >= 4 is 0 Å². The minimum atomic E-state index is -0.560. The fourth-order valence-electron chi connectivity index (χ4n) is 1.60. The predicted molar refractivity (Wildman–Crippen MR) is 76.1 cm³/mol. The highest BCUT2D eigenvalue weighted by atomic mass is 16.5. The van der Waals surface area contributed by atoms with Gasteiger partial charge in [0.2, 0.25) is 0 Å². The van der Waals surface area contributed by atoms with Crippen molar-refractivity contribution in [3.8, 4) is 0 Å². The second-order valence-electron chi connectivity index (χ2n) is 4.48. The monoisotopic (exact) mass is 267 g/mol. The first-order valence-electron chi connectivity index (χ1n) is 6.91. The number of nitrogens with one attached hydrogen (secondary N) is 1. The Balaban J connectivity index is 1.94. The molecule has 0 saturated heterocycles. The maximum absolute atomic E-state index is 9.66. The van der Waals surface area contributed by atoms with Crippen molar-refractivity contribution in [1.82, 2.24) is 5.32 Å². The molecule has 1 rings (SSSR count). The highest BCUT2D eigenvalue weighted by molar-refractivity contribution is 5.13. The average Bonchev–Trinajstić information content (AvgIpc) is 2.44. The Morgan fingerprint density at radius 3 is 2.58 bits per heavy atom. The Bertz CT molecular complexity index is 306. The Hall–Kier alpha value is -0.940. The molecule has 0 saturated carbocycles. The maximum Gasteiger partial charge on any atom is 0.101 e. The van der Waals surface area contributed by atoms with Crippen molar-refractivity contribution < 1.29 is 14.6 Å². The van der Waals surface area contributed by atoms with E-state index in [9.17, 15) is 5.11 Å². The van der Waals surface area contributed by atoms with Crippen molar-refractivity contribution in [1.29, 1.82) is 0 Å². The summed E-state index contributed by atoms with van der Waals surface area (Å²) in [7, 11) is 0. The SMILES string of the molecule is CCCNCCOCC(O)COCc1ccccc1. The van der Waals surface area contributed by atoms with Crippen LogP contribution in [0.25, 0.3) is 0 Å². The number of benzene rings is 1. The zero-order chi connectivity index (χ0) is 13.8. The third-order valence-electron chi connectivity index (χ3n) is 2.58. The number of hydrogen-bond acceptors (Lipinski definition) is 4. The fraction of sp³-hybridized carbons (Fsp3) is 0.600. The summed E-state index contributed by atoms with van der Waals surface area (Å²) in [5.74, 6) is 0. The van der Waals surface area contributed by atoms with Crippen LogP contribution in [-0.4, -0.2) is 44.1 Å². The van der Waals surface area contributed by atoms with Gasteiger partial charge in [-0.25, -0.2) is 0 Å². The molecule has 4 nitrogen and oxygen atoms in total. The number of aliphatic hydroxyl groups excluding tert-OH is 1. The van der Waals surface area contributed by atoms with Crippen LogP contribution in [-0.2, 0) is 16.1 Å². The molecule has 0 aliphatic heterocycles. The van der Waals surface area contributed by atoms with E-state index in [2.05, 4.69) is 12.2 Å². The lowest BCUT2D eigenvalue weighted by Crippen LogP contribution is -2.25. The third kappa shape index (κ3) is 8.72. The molecule has 108 valence electrons. The number of aliphatic hydroxyl groups is 1. The smallest absolute Gasteiger partial charge is 0.101 e. The molecule has 0 aliphatic carbocycles. The van der Waals surface area contributed by atoms with Crippen molar-refractivity contribution in [2.24, 2.45) is 0 Å². The zero-order valence-electron chi connectivity index (χ0n) is 11.7. The van der Waals surface area contributed by atoms with E-state index in [4.69, 9.17) is 9.47 Å². The minimum absolute atomic E-state index is 0.303. The van der Waals surface area contributed by atoms with Gasteiger partial charge in [-0.1, -0.05) is 37.3 Å². The maximum atomic E-state index is 9.66. The van der Waals surface area contributed by atoms with Gasteiger partial charge in [0.05, 0.1) is 26.4 Å². The standard InChI is InChI=1S/C15H25NO3/c1-2-8-16-9-10-18-12-15(17)13-19-11-14-6-4-3-5-7-14/h3-7,15-17H,2,8-13H2,1H3. The van der Waals surface area contributed by atoms with E-state index in [1.807, 2.05) is 30.3 Å². The Labute approximate surface area is 115 Å². The van der Waals surface area contributed by atoms with Crippen LogP contribution in [0, 0.1) is 0 Å². The van der Waals surface area contributed by atoms with E-state index in [0.717, 1.165) is 25.1 Å². The van der Waals surface area contributed by atoms with Crippen LogP contribution in [0.3, 0.4) is 0 Å². The Morgan fingerprint density at radius 2 is 1.84 bits per heavy atom. The zero-order valence-corrected chi connectivity index (χ0v) is 11.7. The lowest BCUT2D eigenvalue weighted by atomic mass is 10.2. The van der Waals surface area contributed by atoms with Gasteiger partial charge in [-0.15, -0.1) is 0 Å². The summed E-state index contributed by atoms with van der Waals surface area (Å²) < 4.78 is 10.8. The quantitative estimate of drug-likeness (QED) is 0.598. The van der Waals surface area contributed by atoms with E-state index in [1.54, 1.807) is 0 Å². The van der Waals surface area contributed by atoms with Gasteiger partial charge in [0.1, 0.15) is 6.10 Å². The second kappa shape index (κ2) is 10.9. The predicted octanol–water partition coefficient (Wildman–Crippen LogP) is 1.58. The summed E-state index contributed by atoms with van der Waals surface area (Å²) in [6.07, 6.45) is 0.561. The van der Waals surface area contributed by atoms with E-state index >= 15 is 0 Å². The molecule has 0 amide bonds. The normalized spacial score (nSPS) is 12.5. The van der Waals surface area contributed by atoms with Crippen molar-refractivity contribution in [2.75, 3.05) is 32.9 Å². The molecule has 0 aromatic heterocycles. The van der Waals surface area contributed by atoms with Crippen molar-refractivity contribution in [2.45, 2.75) is 26.1 Å². The van der Waals surface area contributed by atoms with Gasteiger partial charge in [-0.05, 0) is 18.5 Å². The first kappa shape index (κ1) is 16.1. The molecule has 0 bridgehead atoms. The van der Waals surface area contributed by atoms with E-state index in [1.165, 1.54) is 0 Å². The van der Waals surface area contributed by atoms with Crippen molar-refractivity contribution in [3.05, 3.63) is 35.9 Å². The highest BCUT2D eigenvalue weighted by Crippen LogP contribution is 2.01. The van der Waals surface area contributed by atoms with Gasteiger partial charge in [-0.3, -0.25) is 0 Å². The molecular weight excluding hydrogens is 242 g/mol. The summed E-state index contributed by atoms with van der Waals surface area (Å²) in [5.41, 5.74) is 1.11. The molecule has 0 aliphatic rings. The number of hydrogen-bond donors (Lipinski definition) is 2. The first-order valence-corrected chi connectivity index (χ1v) is 6.91. The van der Waals surface area contributed by atoms with Gasteiger partial charge < -0.3 is 19.9 Å². The first-order chi connectivity index (χ1) is 9.33. The van der Waals surface area contributed by atoms with Gasteiger partial charge in [0, 0.05) is 6.54 Å². The fourth-order valence-corrected chi connectivity index (χ4v) is 1.60. The molecular formula is C15H25NO3. The molecule has 4 heteroatoms. The largest absolute Gasteiger partial charge is 0.388 e. The summed E-state index contributed by atoms with van der Waals surface area (Å²) in [6, 6.07) is 9.92. The molecule has 0 heterocycles. The van der Waals surface area contributed by atoms with Crippen molar-refractivity contribution in [3.63, 3.8) is 0 Å². The Kier molecular flexibility index (Phi) is 9.27. The average molecular weight is 267 g/mol. The van der Waals surface area contributed by atoms with Gasteiger partial charge in [0.15, 0.2) is 0 Å². The van der Waals surface area contributed by atoms with E-state index in [0.29, 0.717) is 26.4 Å². The molecule has 0 radical (unpaired) electrons. The topological polar surface area (TPSA) is 50.7 Å². The highest BCUT2D eigenvalue weighted by Gasteiger charge is 2.04. The van der Waals surface area contributed by atoms with Crippen LogP contribution in [0.2, 0.25) is 0 Å². The lowest BCUT2D eigenvalue weighted by Gasteiger charge is -2.12. The van der Waals surface area contributed by atoms with Crippen LogP contribution in [0.15, 0.2) is 30.3 Å². The van der Waals surface area contributed by atoms with E-state index < -0.39 is 6.10 Å². The summed E-state index contributed by atoms with van der Waals surface area (Å²) >= 11 is 0. The van der Waals surface area contributed by atoms with Crippen LogP contribution in [0.5, 0.6) is 0 Å². The minimum Gasteiger partial charge on any atom is -0.388 e. The number of ether oxygens (including phenoxy) is 2. The van der Waals surface area contributed by atoms with Crippen LogP contribution in [0.1, 0.15) is 18.9 Å². The molecule has 1 unspecified atom stereocenters. The summed E-state index contributed by atoms with van der Waals surface area (Å²) in [4.78, 5) is 0. The molecule has 0 fully saturated rings. The summed E-state index contributed by atoms with van der Waals surface area (Å²) in [5, 5.41) is 12.9. The molecule has 19 heavy (non-hydrogen) atoms. The molecule has 0 spiro atoms. The second-order valence-corrected chi connectivity index (χ2v) is 4.48. The van der Waals surface area contributed by atoms with Crippen LogP contribution in [0.4, 0.5) is 0 Å². The Morgan fingerprint density at radius 1 is 1.11 bits per heavy atom. The lowest BCUT2D eigenvalue weighted by molar-refractivity contribution is -0.0226. The number of rotatable bonds is 11. The third-order valence-corrected chi connectivity index (χ3v) is 2.58. The van der Waals surface area contributed by atoms with E-state index in [-0.39, 0.29) is 0 Å². The molecule has 1 atom stereocenters. The molecule has 2 N–H and O–H groups in total. The van der Waals surface area contributed by atoms with Gasteiger partial charge in [0.25, 0.3) is 0 Å².